The van der Waals surface area contributed by atoms with E-state index in [1.165, 1.54) is 25.7 Å². The van der Waals surface area contributed by atoms with Gasteiger partial charge in [0.1, 0.15) is 0 Å². The number of anilines is 1. The normalized spacial score (nSPS) is 29.1. The second-order valence-electron chi connectivity index (χ2n) is 8.45. The number of morpholine rings is 1. The van der Waals surface area contributed by atoms with E-state index >= 15 is 0 Å². The molecular formula is C21H28ClN3O2. The largest absolute Gasteiger partial charge is 0.378 e. The van der Waals surface area contributed by atoms with Gasteiger partial charge in [-0.15, -0.1) is 0 Å². The van der Waals surface area contributed by atoms with Crippen LogP contribution in [-0.4, -0.2) is 73.7 Å². The average Bonchev–Trinajstić information content (AvgIpc) is 3.40. The molecule has 1 saturated carbocycles. The summed E-state index contributed by atoms with van der Waals surface area (Å²) in [6.45, 7) is 6.22. The zero-order valence-corrected chi connectivity index (χ0v) is 16.5. The summed E-state index contributed by atoms with van der Waals surface area (Å²) in [4.78, 5) is 20.0. The number of fused-ring (bicyclic) bond motifs is 1. The Hall–Kier alpha value is -1.30. The summed E-state index contributed by atoms with van der Waals surface area (Å²) in [5, 5.41) is 0.691. The monoisotopic (exact) mass is 389 g/mol. The van der Waals surface area contributed by atoms with Crippen LogP contribution in [0.15, 0.2) is 18.2 Å². The van der Waals surface area contributed by atoms with Gasteiger partial charge in [-0.2, -0.15) is 0 Å². The van der Waals surface area contributed by atoms with Crippen LogP contribution < -0.4 is 4.90 Å². The first-order valence-corrected chi connectivity index (χ1v) is 10.8. The third-order valence-electron chi connectivity index (χ3n) is 6.65. The first-order valence-electron chi connectivity index (χ1n) is 10.4. The van der Waals surface area contributed by atoms with Crippen molar-refractivity contribution in [1.29, 1.82) is 0 Å². The van der Waals surface area contributed by atoms with Crippen molar-refractivity contribution >= 4 is 23.2 Å². The summed E-state index contributed by atoms with van der Waals surface area (Å²) in [6, 6.07) is 6.72. The lowest BCUT2D eigenvalue weighted by Crippen LogP contribution is -2.63. The molecule has 0 radical (unpaired) electrons. The smallest absolute Gasteiger partial charge is 0.254 e. The molecule has 3 saturated heterocycles. The molecule has 0 N–H and O–H groups in total. The van der Waals surface area contributed by atoms with Crippen LogP contribution in [0.5, 0.6) is 0 Å². The van der Waals surface area contributed by atoms with Crippen LogP contribution in [0.3, 0.4) is 0 Å². The quantitative estimate of drug-likeness (QED) is 0.796. The van der Waals surface area contributed by atoms with E-state index in [1.807, 2.05) is 23.1 Å². The molecule has 2 atom stereocenters. The van der Waals surface area contributed by atoms with Crippen LogP contribution in [0.25, 0.3) is 0 Å². The third kappa shape index (κ3) is 3.45. The minimum Gasteiger partial charge on any atom is -0.378 e. The Balaban J connectivity index is 1.28. The lowest BCUT2D eigenvalue weighted by molar-refractivity contribution is -0.0816. The van der Waals surface area contributed by atoms with E-state index < -0.39 is 0 Å². The molecule has 1 aromatic carbocycles. The molecule has 27 heavy (non-hydrogen) atoms. The summed E-state index contributed by atoms with van der Waals surface area (Å²) in [6.07, 6.45) is 5.10. The van der Waals surface area contributed by atoms with Gasteiger partial charge in [-0.1, -0.05) is 11.6 Å². The first kappa shape index (κ1) is 17.8. The van der Waals surface area contributed by atoms with Crippen molar-refractivity contribution in [2.45, 2.75) is 37.8 Å². The van der Waals surface area contributed by atoms with Gasteiger partial charge in [0.15, 0.2) is 0 Å². The van der Waals surface area contributed by atoms with Gasteiger partial charge in [-0.25, -0.2) is 0 Å². The van der Waals surface area contributed by atoms with Crippen molar-refractivity contribution in [1.82, 2.24) is 9.80 Å². The molecule has 1 aliphatic carbocycles. The number of piperazine rings is 1. The van der Waals surface area contributed by atoms with Gasteiger partial charge in [-0.3, -0.25) is 9.69 Å². The van der Waals surface area contributed by atoms with Crippen molar-refractivity contribution < 1.29 is 9.53 Å². The van der Waals surface area contributed by atoms with Crippen molar-refractivity contribution in [3.05, 3.63) is 28.8 Å². The molecule has 3 heterocycles. The second kappa shape index (κ2) is 7.26. The molecule has 4 fully saturated rings. The van der Waals surface area contributed by atoms with E-state index in [4.69, 9.17) is 16.3 Å². The highest BCUT2D eigenvalue weighted by atomic mass is 35.5. The molecule has 1 amide bonds. The van der Waals surface area contributed by atoms with Crippen LogP contribution in [0, 0.1) is 5.92 Å². The van der Waals surface area contributed by atoms with E-state index in [9.17, 15) is 4.79 Å². The molecule has 0 bridgehead atoms. The number of amides is 1. The summed E-state index contributed by atoms with van der Waals surface area (Å²) in [7, 11) is 0. The van der Waals surface area contributed by atoms with E-state index in [0.29, 0.717) is 22.7 Å². The Kier molecular flexibility index (Phi) is 4.78. The lowest BCUT2D eigenvalue weighted by atomic mass is 10.0. The van der Waals surface area contributed by atoms with Crippen molar-refractivity contribution in [3.8, 4) is 0 Å². The molecule has 6 heteroatoms. The van der Waals surface area contributed by atoms with Gasteiger partial charge >= 0.3 is 0 Å². The SMILES string of the molecule is O=C(c1ccc(N2CCCC2)c(Cl)c1)N1CCN2[C@@H](COC[C@@H]2C2CC2)C1. The molecular weight excluding hydrogens is 362 g/mol. The van der Waals surface area contributed by atoms with Crippen molar-refractivity contribution in [2.75, 3.05) is 50.8 Å². The summed E-state index contributed by atoms with van der Waals surface area (Å²) < 4.78 is 5.87. The highest BCUT2D eigenvalue weighted by Crippen LogP contribution is 2.38. The number of carbonyl (C=O) groups is 1. The van der Waals surface area contributed by atoms with Gasteiger partial charge in [0, 0.05) is 44.3 Å². The molecule has 1 aromatic rings. The Bertz CT molecular complexity index is 717. The predicted octanol–water partition coefficient (Wildman–Crippen LogP) is 2.88. The van der Waals surface area contributed by atoms with Crippen LogP contribution in [-0.2, 0) is 4.74 Å². The molecule has 146 valence electrons. The number of halogens is 1. The number of nitrogens with zero attached hydrogens (tertiary/aromatic N) is 3. The molecule has 3 aliphatic heterocycles. The molecule has 5 rings (SSSR count). The average molecular weight is 390 g/mol. The Morgan fingerprint density at radius 3 is 2.63 bits per heavy atom. The number of ether oxygens (including phenoxy) is 1. The van der Waals surface area contributed by atoms with Crippen molar-refractivity contribution in [2.24, 2.45) is 5.92 Å². The highest BCUT2D eigenvalue weighted by Gasteiger charge is 2.43. The zero-order valence-electron chi connectivity index (χ0n) is 15.8. The fourth-order valence-corrected chi connectivity index (χ4v) is 5.28. The predicted molar refractivity (Wildman–Crippen MR) is 107 cm³/mol. The van der Waals surface area contributed by atoms with E-state index in [0.717, 1.165) is 57.5 Å². The standard InChI is InChI=1S/C21H28ClN3O2/c22-18-11-16(5-6-19(18)23-7-1-2-8-23)21(26)24-9-10-25-17(12-24)13-27-14-20(25)15-3-4-15/h5-6,11,15,17,20H,1-4,7-10,12-14H2/t17-,20-/m1/s1. The van der Waals surface area contributed by atoms with E-state index in [-0.39, 0.29) is 5.91 Å². The van der Waals surface area contributed by atoms with Crippen LogP contribution in [0.4, 0.5) is 5.69 Å². The molecule has 5 nitrogen and oxygen atoms in total. The number of hydrogen-bond donors (Lipinski definition) is 0. The van der Waals surface area contributed by atoms with E-state index in [1.54, 1.807) is 0 Å². The molecule has 0 unspecified atom stereocenters. The van der Waals surface area contributed by atoms with Gasteiger partial charge < -0.3 is 14.5 Å². The maximum Gasteiger partial charge on any atom is 0.254 e. The summed E-state index contributed by atoms with van der Waals surface area (Å²) >= 11 is 6.52. The number of rotatable bonds is 3. The minimum absolute atomic E-state index is 0.0954. The molecule has 0 spiro atoms. The van der Waals surface area contributed by atoms with Crippen LogP contribution in [0.2, 0.25) is 5.02 Å². The van der Waals surface area contributed by atoms with Crippen LogP contribution >= 0.6 is 11.6 Å². The third-order valence-corrected chi connectivity index (χ3v) is 6.95. The minimum atomic E-state index is 0.0954. The lowest BCUT2D eigenvalue weighted by Gasteiger charge is -2.48. The van der Waals surface area contributed by atoms with Gasteiger partial charge in [0.25, 0.3) is 5.91 Å². The zero-order chi connectivity index (χ0) is 18.4. The number of hydrogen-bond acceptors (Lipinski definition) is 4. The first-order chi connectivity index (χ1) is 13.2. The fourth-order valence-electron chi connectivity index (χ4n) is 4.98. The number of benzene rings is 1. The Morgan fingerprint density at radius 2 is 1.89 bits per heavy atom. The van der Waals surface area contributed by atoms with Crippen LogP contribution in [0.1, 0.15) is 36.0 Å². The van der Waals surface area contributed by atoms with Gasteiger partial charge in [-0.05, 0) is 49.8 Å². The Morgan fingerprint density at radius 1 is 1.07 bits per heavy atom. The molecule has 4 aliphatic rings. The maximum atomic E-state index is 13.1. The van der Waals surface area contributed by atoms with Gasteiger partial charge in [0.05, 0.1) is 30.0 Å². The van der Waals surface area contributed by atoms with Gasteiger partial charge in [0.2, 0.25) is 0 Å². The fraction of sp³-hybridized carbons (Fsp3) is 0.667. The Labute approximate surface area is 166 Å². The highest BCUT2D eigenvalue weighted by molar-refractivity contribution is 6.33. The topological polar surface area (TPSA) is 36.0 Å². The second-order valence-corrected chi connectivity index (χ2v) is 8.85. The van der Waals surface area contributed by atoms with Crippen molar-refractivity contribution in [3.63, 3.8) is 0 Å². The number of carbonyl (C=O) groups excluding carboxylic acids is 1. The molecule has 0 aromatic heterocycles. The van der Waals surface area contributed by atoms with E-state index in [2.05, 4.69) is 9.80 Å². The summed E-state index contributed by atoms with van der Waals surface area (Å²) in [5.41, 5.74) is 1.76. The maximum absolute atomic E-state index is 13.1. The summed E-state index contributed by atoms with van der Waals surface area (Å²) in [5.74, 6) is 0.907.